The lowest BCUT2D eigenvalue weighted by molar-refractivity contribution is 0.320. The maximum atomic E-state index is 13.6. The summed E-state index contributed by atoms with van der Waals surface area (Å²) in [5.41, 5.74) is 0.302. The molecular weight excluding hydrogens is 311 g/mol. The van der Waals surface area contributed by atoms with Crippen LogP contribution < -0.4 is 0 Å². The van der Waals surface area contributed by atoms with Crippen LogP contribution in [0.4, 0.5) is 4.39 Å². The first kappa shape index (κ1) is 16.0. The largest absolute Gasteiger partial charge is 0.206 e. The maximum absolute atomic E-state index is 13.6. The summed E-state index contributed by atoms with van der Waals surface area (Å²) in [5.74, 6) is 0.889. The molecular formula is C15H22BrFS. The van der Waals surface area contributed by atoms with Crippen LogP contribution in [-0.2, 0) is 0 Å². The topological polar surface area (TPSA) is 0 Å². The Morgan fingerprint density at radius 3 is 2.28 bits per heavy atom. The number of hydrogen-bond donors (Lipinski definition) is 0. The molecule has 102 valence electrons. The summed E-state index contributed by atoms with van der Waals surface area (Å²) < 4.78 is 13.6. The predicted molar refractivity (Wildman–Crippen MR) is 83.2 cm³/mol. The summed E-state index contributed by atoms with van der Waals surface area (Å²) in [4.78, 5) is 0.773. The zero-order valence-electron chi connectivity index (χ0n) is 11.2. The van der Waals surface area contributed by atoms with E-state index in [0.29, 0.717) is 5.41 Å². The normalized spacial score (nSPS) is 11.8. The molecule has 0 amide bonds. The lowest BCUT2D eigenvalue weighted by Gasteiger charge is -2.31. The first-order chi connectivity index (χ1) is 8.67. The molecule has 0 aliphatic rings. The van der Waals surface area contributed by atoms with Crippen molar-refractivity contribution in [3.05, 3.63) is 30.1 Å². The Labute approximate surface area is 123 Å². The van der Waals surface area contributed by atoms with Crippen molar-refractivity contribution in [3.63, 3.8) is 0 Å². The molecule has 0 fully saturated rings. The monoisotopic (exact) mass is 332 g/mol. The van der Waals surface area contributed by atoms with Gasteiger partial charge in [-0.15, -0.1) is 11.8 Å². The molecule has 0 atom stereocenters. The van der Waals surface area contributed by atoms with Gasteiger partial charge >= 0.3 is 0 Å². The zero-order valence-corrected chi connectivity index (χ0v) is 13.6. The SMILES string of the molecule is CCCC(CBr)(CCC)CSc1ccccc1F. The lowest BCUT2D eigenvalue weighted by Crippen LogP contribution is -2.25. The van der Waals surface area contributed by atoms with Crippen LogP contribution in [0.5, 0.6) is 0 Å². The van der Waals surface area contributed by atoms with Crippen LogP contribution in [0.3, 0.4) is 0 Å². The van der Waals surface area contributed by atoms with Crippen molar-refractivity contribution in [1.82, 2.24) is 0 Å². The van der Waals surface area contributed by atoms with Gasteiger partial charge in [0.15, 0.2) is 0 Å². The minimum Gasteiger partial charge on any atom is -0.206 e. The fourth-order valence-corrected chi connectivity index (χ4v) is 4.55. The van der Waals surface area contributed by atoms with Gasteiger partial charge in [0.25, 0.3) is 0 Å². The Balaban J connectivity index is 2.69. The van der Waals surface area contributed by atoms with Gasteiger partial charge in [0.1, 0.15) is 5.82 Å². The van der Waals surface area contributed by atoms with Gasteiger partial charge in [-0.25, -0.2) is 4.39 Å². The third-order valence-corrected chi connectivity index (χ3v) is 5.80. The molecule has 18 heavy (non-hydrogen) atoms. The van der Waals surface area contributed by atoms with E-state index < -0.39 is 0 Å². The number of alkyl halides is 1. The molecule has 0 saturated carbocycles. The van der Waals surface area contributed by atoms with E-state index in [1.54, 1.807) is 17.8 Å². The third kappa shape index (κ3) is 4.58. The minimum absolute atomic E-state index is 0.0982. The second-order valence-electron chi connectivity index (χ2n) is 4.85. The smallest absolute Gasteiger partial charge is 0.136 e. The fraction of sp³-hybridized carbons (Fsp3) is 0.600. The van der Waals surface area contributed by atoms with E-state index in [1.165, 1.54) is 31.7 Å². The highest BCUT2D eigenvalue weighted by molar-refractivity contribution is 9.09. The standard InChI is InChI=1S/C15H22BrFS/c1-3-9-15(11-16,10-4-2)12-18-14-8-6-5-7-13(14)17/h5-8H,3-4,9-12H2,1-2H3. The molecule has 0 bridgehead atoms. The van der Waals surface area contributed by atoms with E-state index in [1.807, 2.05) is 12.1 Å². The molecule has 0 radical (unpaired) electrons. The summed E-state index contributed by atoms with van der Waals surface area (Å²) >= 11 is 5.31. The van der Waals surface area contributed by atoms with Crippen molar-refractivity contribution in [3.8, 4) is 0 Å². The molecule has 0 unspecified atom stereocenters. The average molecular weight is 333 g/mol. The number of thioether (sulfide) groups is 1. The zero-order chi connectivity index (χ0) is 13.4. The molecule has 0 saturated heterocycles. The fourth-order valence-electron chi connectivity index (χ4n) is 2.29. The second kappa shape index (κ2) is 8.21. The van der Waals surface area contributed by atoms with Crippen LogP contribution in [0.2, 0.25) is 0 Å². The first-order valence-corrected chi connectivity index (χ1v) is 8.71. The Hall–Kier alpha value is -0.0200. The van der Waals surface area contributed by atoms with E-state index >= 15 is 0 Å². The van der Waals surface area contributed by atoms with Gasteiger partial charge in [0, 0.05) is 16.0 Å². The van der Waals surface area contributed by atoms with Gasteiger partial charge in [0.2, 0.25) is 0 Å². The van der Waals surface area contributed by atoms with E-state index in [-0.39, 0.29) is 5.82 Å². The highest BCUT2D eigenvalue weighted by atomic mass is 79.9. The van der Waals surface area contributed by atoms with Crippen molar-refractivity contribution < 1.29 is 4.39 Å². The van der Waals surface area contributed by atoms with Crippen molar-refractivity contribution in [1.29, 1.82) is 0 Å². The molecule has 1 aromatic carbocycles. The Bertz CT molecular complexity index is 348. The Kier molecular flexibility index (Phi) is 7.31. The highest BCUT2D eigenvalue weighted by Gasteiger charge is 2.27. The summed E-state index contributed by atoms with van der Waals surface area (Å²) in [6.45, 7) is 4.45. The predicted octanol–water partition coefficient (Wildman–Crippen LogP) is 5.90. The Morgan fingerprint density at radius 2 is 1.78 bits per heavy atom. The van der Waals surface area contributed by atoms with E-state index in [2.05, 4.69) is 29.8 Å². The van der Waals surface area contributed by atoms with Crippen LogP contribution in [0, 0.1) is 11.2 Å². The lowest BCUT2D eigenvalue weighted by atomic mass is 9.83. The number of hydrogen-bond acceptors (Lipinski definition) is 1. The molecule has 3 heteroatoms. The van der Waals surface area contributed by atoms with Crippen LogP contribution in [0.1, 0.15) is 39.5 Å². The van der Waals surface area contributed by atoms with Crippen LogP contribution in [0.25, 0.3) is 0 Å². The number of halogens is 2. The summed E-state index contributed by atoms with van der Waals surface area (Å²) in [7, 11) is 0. The van der Waals surface area contributed by atoms with Crippen molar-refractivity contribution in [2.75, 3.05) is 11.1 Å². The van der Waals surface area contributed by atoms with E-state index in [9.17, 15) is 4.39 Å². The molecule has 0 aromatic heterocycles. The number of benzene rings is 1. The van der Waals surface area contributed by atoms with Crippen LogP contribution >= 0.6 is 27.7 Å². The van der Waals surface area contributed by atoms with Gasteiger partial charge < -0.3 is 0 Å². The van der Waals surface area contributed by atoms with Crippen molar-refractivity contribution in [2.45, 2.75) is 44.4 Å². The molecule has 0 nitrogen and oxygen atoms in total. The van der Waals surface area contributed by atoms with Gasteiger partial charge in [0.05, 0.1) is 0 Å². The summed E-state index contributed by atoms with van der Waals surface area (Å²) in [6.07, 6.45) is 4.77. The van der Waals surface area contributed by atoms with Crippen LogP contribution in [-0.4, -0.2) is 11.1 Å². The highest BCUT2D eigenvalue weighted by Crippen LogP contribution is 2.38. The van der Waals surface area contributed by atoms with Crippen molar-refractivity contribution >= 4 is 27.7 Å². The number of rotatable bonds is 8. The molecule has 0 heterocycles. The summed E-state index contributed by atoms with van der Waals surface area (Å²) in [6, 6.07) is 7.06. The summed E-state index contributed by atoms with van der Waals surface area (Å²) in [5, 5.41) is 1.00. The van der Waals surface area contributed by atoms with Gasteiger partial charge in [-0.2, -0.15) is 0 Å². The molecule has 0 spiro atoms. The molecule has 0 N–H and O–H groups in total. The van der Waals surface area contributed by atoms with Crippen LogP contribution in [0.15, 0.2) is 29.2 Å². The minimum atomic E-state index is -0.0982. The second-order valence-corrected chi connectivity index (χ2v) is 6.43. The van der Waals surface area contributed by atoms with Gasteiger partial charge in [-0.1, -0.05) is 54.8 Å². The first-order valence-electron chi connectivity index (χ1n) is 6.60. The molecule has 0 aliphatic carbocycles. The molecule has 1 rings (SSSR count). The van der Waals surface area contributed by atoms with Gasteiger partial charge in [-0.05, 0) is 30.4 Å². The average Bonchev–Trinajstić information content (AvgIpc) is 2.38. The Morgan fingerprint density at radius 1 is 1.17 bits per heavy atom. The maximum Gasteiger partial charge on any atom is 0.136 e. The third-order valence-electron chi connectivity index (χ3n) is 3.21. The van der Waals surface area contributed by atoms with Crippen molar-refractivity contribution in [2.24, 2.45) is 5.41 Å². The molecule has 0 aliphatic heterocycles. The van der Waals surface area contributed by atoms with E-state index in [4.69, 9.17) is 0 Å². The van der Waals surface area contributed by atoms with Gasteiger partial charge in [-0.3, -0.25) is 0 Å². The quantitative estimate of drug-likeness (QED) is 0.422. The molecule has 1 aromatic rings. The van der Waals surface area contributed by atoms with E-state index in [0.717, 1.165) is 16.0 Å².